The Labute approximate surface area is 92.4 Å². The number of hydrogen-bond acceptors (Lipinski definition) is 2. The average molecular weight is 213 g/mol. The van der Waals surface area contributed by atoms with Crippen molar-refractivity contribution in [1.29, 1.82) is 0 Å². The summed E-state index contributed by atoms with van der Waals surface area (Å²) in [4.78, 5) is 0.435. The molecule has 14 heavy (non-hydrogen) atoms. The predicted octanol–water partition coefficient (Wildman–Crippen LogP) is 3.25. The fraction of sp³-hybridized carbons (Fsp3) is 1.00. The quantitative estimate of drug-likeness (QED) is 0.663. The maximum Gasteiger partial charge on any atom is 0.0673 e. The minimum Gasteiger partial charge on any atom is -0.300 e. The van der Waals surface area contributed by atoms with Crippen LogP contribution in [0, 0.1) is 11.8 Å². The molecule has 0 aromatic carbocycles. The van der Waals surface area contributed by atoms with E-state index in [-0.39, 0.29) is 0 Å². The van der Waals surface area contributed by atoms with Gasteiger partial charge in [-0.15, -0.1) is 11.8 Å². The normalized spacial score (nSPS) is 49.5. The number of rotatable bonds is 0. The highest BCUT2D eigenvalue weighted by atomic mass is 32.2. The first-order chi connectivity index (χ1) is 6.62. The van der Waals surface area contributed by atoms with Crippen LogP contribution in [0.25, 0.3) is 0 Å². The largest absolute Gasteiger partial charge is 0.300 e. The molecule has 2 aliphatic rings. The lowest BCUT2D eigenvalue weighted by atomic mass is 9.79. The Morgan fingerprint density at radius 3 is 2.64 bits per heavy atom. The summed E-state index contributed by atoms with van der Waals surface area (Å²) in [6, 6.07) is 0.729. The van der Waals surface area contributed by atoms with Gasteiger partial charge in [0.25, 0.3) is 0 Å². The Hall–Kier alpha value is 0.310. The molecule has 1 saturated heterocycles. The average Bonchev–Trinajstić information content (AvgIpc) is 2.13. The van der Waals surface area contributed by atoms with E-state index in [1.54, 1.807) is 0 Å². The minimum atomic E-state index is 0.435. The van der Waals surface area contributed by atoms with Crippen LogP contribution in [0.4, 0.5) is 0 Å². The molecule has 1 spiro atoms. The van der Waals surface area contributed by atoms with E-state index in [2.05, 4.69) is 37.8 Å². The van der Waals surface area contributed by atoms with E-state index in [0.29, 0.717) is 4.87 Å². The molecule has 0 aromatic rings. The first-order valence-corrected chi connectivity index (χ1v) is 7.02. The zero-order valence-corrected chi connectivity index (χ0v) is 10.5. The molecule has 0 aromatic heterocycles. The Bertz CT molecular complexity index is 206. The molecule has 82 valence electrons. The zero-order valence-electron chi connectivity index (χ0n) is 9.68. The monoisotopic (exact) mass is 213 g/mol. The van der Waals surface area contributed by atoms with Gasteiger partial charge in [0, 0.05) is 6.04 Å². The third kappa shape index (κ3) is 1.96. The molecule has 1 aliphatic heterocycles. The highest BCUT2D eigenvalue weighted by molar-refractivity contribution is 8.00. The first-order valence-electron chi connectivity index (χ1n) is 6.04. The van der Waals surface area contributed by atoms with Gasteiger partial charge in [-0.25, -0.2) is 0 Å². The van der Waals surface area contributed by atoms with Crippen molar-refractivity contribution in [2.45, 2.75) is 57.4 Å². The summed E-state index contributed by atoms with van der Waals surface area (Å²) in [5, 5.41) is 3.86. The molecule has 1 N–H and O–H groups in total. The summed E-state index contributed by atoms with van der Waals surface area (Å²) in [5.41, 5.74) is 0. The second-order valence-electron chi connectivity index (χ2n) is 5.35. The molecule has 2 rings (SSSR count). The summed E-state index contributed by atoms with van der Waals surface area (Å²) in [7, 11) is 0. The Morgan fingerprint density at radius 2 is 2.00 bits per heavy atom. The Balaban J connectivity index is 2.06. The SMILES string of the molecule is CC1CCC2(NC(C)CCS2)C(C)C1. The number of nitrogens with one attached hydrogen (secondary N) is 1. The zero-order chi connectivity index (χ0) is 10.2. The highest BCUT2D eigenvalue weighted by Gasteiger charge is 2.42. The number of thioether (sulfide) groups is 1. The van der Waals surface area contributed by atoms with Crippen LogP contribution in [0.15, 0.2) is 0 Å². The van der Waals surface area contributed by atoms with Gasteiger partial charge < -0.3 is 5.32 Å². The summed E-state index contributed by atoms with van der Waals surface area (Å²) in [5.74, 6) is 3.14. The predicted molar refractivity (Wildman–Crippen MR) is 64.6 cm³/mol. The fourth-order valence-corrected chi connectivity index (χ4v) is 4.76. The van der Waals surface area contributed by atoms with Crippen LogP contribution in [0.2, 0.25) is 0 Å². The van der Waals surface area contributed by atoms with Crippen molar-refractivity contribution < 1.29 is 0 Å². The second kappa shape index (κ2) is 4.05. The van der Waals surface area contributed by atoms with Crippen LogP contribution in [0.3, 0.4) is 0 Å². The van der Waals surface area contributed by atoms with E-state index >= 15 is 0 Å². The lowest BCUT2D eigenvalue weighted by molar-refractivity contribution is 0.183. The van der Waals surface area contributed by atoms with Crippen molar-refractivity contribution in [1.82, 2.24) is 5.32 Å². The molecular formula is C12H23NS. The maximum atomic E-state index is 3.86. The molecule has 0 bridgehead atoms. The lowest BCUT2D eigenvalue weighted by Gasteiger charge is -2.49. The van der Waals surface area contributed by atoms with Crippen molar-refractivity contribution in [2.24, 2.45) is 11.8 Å². The topological polar surface area (TPSA) is 12.0 Å². The Kier molecular flexibility index (Phi) is 3.13. The van der Waals surface area contributed by atoms with Gasteiger partial charge in [-0.1, -0.05) is 13.8 Å². The van der Waals surface area contributed by atoms with Crippen molar-refractivity contribution in [3.05, 3.63) is 0 Å². The van der Waals surface area contributed by atoms with Crippen molar-refractivity contribution in [3.8, 4) is 0 Å². The van der Waals surface area contributed by atoms with E-state index < -0.39 is 0 Å². The van der Waals surface area contributed by atoms with Crippen LogP contribution in [-0.2, 0) is 0 Å². The molecule has 4 unspecified atom stereocenters. The van der Waals surface area contributed by atoms with Crippen LogP contribution < -0.4 is 5.32 Å². The standard InChI is InChI=1S/C12H23NS/c1-9-4-6-12(10(2)8-9)13-11(3)5-7-14-12/h9-11,13H,4-8H2,1-3H3. The molecule has 2 fully saturated rings. The van der Waals surface area contributed by atoms with Crippen molar-refractivity contribution in [2.75, 3.05) is 5.75 Å². The molecule has 0 radical (unpaired) electrons. The van der Waals surface area contributed by atoms with Gasteiger partial charge in [0.05, 0.1) is 4.87 Å². The minimum absolute atomic E-state index is 0.435. The molecular weight excluding hydrogens is 190 g/mol. The maximum absolute atomic E-state index is 3.86. The number of hydrogen-bond donors (Lipinski definition) is 1. The van der Waals surface area contributed by atoms with Crippen molar-refractivity contribution >= 4 is 11.8 Å². The van der Waals surface area contributed by atoms with Gasteiger partial charge in [-0.2, -0.15) is 0 Å². The van der Waals surface area contributed by atoms with Gasteiger partial charge in [-0.3, -0.25) is 0 Å². The van der Waals surface area contributed by atoms with Crippen LogP contribution in [0.5, 0.6) is 0 Å². The molecule has 1 heterocycles. The van der Waals surface area contributed by atoms with Crippen molar-refractivity contribution in [3.63, 3.8) is 0 Å². The molecule has 1 aliphatic carbocycles. The highest BCUT2D eigenvalue weighted by Crippen LogP contribution is 2.46. The van der Waals surface area contributed by atoms with E-state index in [1.807, 2.05) is 0 Å². The first kappa shape index (κ1) is 10.8. The fourth-order valence-electron chi connectivity index (χ4n) is 3.00. The molecule has 1 nitrogen and oxygen atoms in total. The lowest BCUT2D eigenvalue weighted by Crippen LogP contribution is -2.56. The summed E-state index contributed by atoms with van der Waals surface area (Å²) < 4.78 is 0. The van der Waals surface area contributed by atoms with Crippen LogP contribution in [0.1, 0.15) is 46.5 Å². The van der Waals surface area contributed by atoms with E-state index in [9.17, 15) is 0 Å². The molecule has 4 atom stereocenters. The van der Waals surface area contributed by atoms with Gasteiger partial charge in [-0.05, 0) is 50.2 Å². The molecule has 2 heteroatoms. The smallest absolute Gasteiger partial charge is 0.0673 e. The van der Waals surface area contributed by atoms with Gasteiger partial charge in [0.2, 0.25) is 0 Å². The van der Waals surface area contributed by atoms with E-state index in [4.69, 9.17) is 0 Å². The van der Waals surface area contributed by atoms with Gasteiger partial charge in [0.1, 0.15) is 0 Å². The van der Waals surface area contributed by atoms with Crippen LogP contribution >= 0.6 is 11.8 Å². The third-order valence-electron chi connectivity index (χ3n) is 3.96. The molecule has 1 saturated carbocycles. The van der Waals surface area contributed by atoms with Crippen LogP contribution in [-0.4, -0.2) is 16.7 Å². The summed E-state index contributed by atoms with van der Waals surface area (Å²) in [6.45, 7) is 7.18. The van der Waals surface area contributed by atoms with Gasteiger partial charge in [0.15, 0.2) is 0 Å². The molecule has 0 amide bonds. The Morgan fingerprint density at radius 1 is 1.21 bits per heavy atom. The third-order valence-corrected chi connectivity index (χ3v) is 5.64. The summed E-state index contributed by atoms with van der Waals surface area (Å²) in [6.07, 6.45) is 5.54. The second-order valence-corrected chi connectivity index (χ2v) is 6.78. The summed E-state index contributed by atoms with van der Waals surface area (Å²) >= 11 is 2.19. The van der Waals surface area contributed by atoms with Gasteiger partial charge >= 0.3 is 0 Å². The van der Waals surface area contributed by atoms with E-state index in [1.165, 1.54) is 31.4 Å². The van der Waals surface area contributed by atoms with E-state index in [0.717, 1.165) is 17.9 Å².